The van der Waals surface area contributed by atoms with Gasteiger partial charge in [-0.1, -0.05) is 12.1 Å². The van der Waals surface area contributed by atoms with Crippen molar-refractivity contribution >= 4 is 45.2 Å². The Morgan fingerprint density at radius 1 is 1.17 bits per heavy atom. The van der Waals surface area contributed by atoms with E-state index in [1.807, 2.05) is 50.2 Å². The number of rotatable bonds is 3. The van der Waals surface area contributed by atoms with Crippen molar-refractivity contribution in [2.75, 3.05) is 11.4 Å². The summed E-state index contributed by atoms with van der Waals surface area (Å²) in [6.45, 7) is 4.35. The molecule has 1 heterocycles. The summed E-state index contributed by atoms with van der Waals surface area (Å²) in [5.41, 5.74) is 2.46. The Balaban J connectivity index is 2.08. The number of nitrogens with zero attached hydrogens (tertiary/aromatic N) is 1. The van der Waals surface area contributed by atoms with Crippen LogP contribution in [0.4, 0.5) is 5.69 Å². The molecule has 0 bridgehead atoms. The van der Waals surface area contributed by atoms with Crippen LogP contribution in [0.15, 0.2) is 57.7 Å². The van der Waals surface area contributed by atoms with Gasteiger partial charge in [-0.2, -0.15) is 0 Å². The molecule has 0 aliphatic heterocycles. The molecule has 0 radical (unpaired) electrons. The van der Waals surface area contributed by atoms with Gasteiger partial charge in [-0.3, -0.25) is 4.79 Å². The molecule has 1 aromatic heterocycles. The van der Waals surface area contributed by atoms with E-state index in [4.69, 9.17) is 4.42 Å². The van der Waals surface area contributed by atoms with Crippen molar-refractivity contribution in [3.8, 4) is 0 Å². The van der Waals surface area contributed by atoms with E-state index >= 15 is 0 Å². The third-order valence-corrected chi connectivity index (χ3v) is 4.85. The van der Waals surface area contributed by atoms with Crippen molar-refractivity contribution in [1.29, 1.82) is 0 Å². The van der Waals surface area contributed by atoms with Crippen LogP contribution in [0.3, 0.4) is 0 Å². The van der Waals surface area contributed by atoms with Gasteiger partial charge >= 0.3 is 5.63 Å². The van der Waals surface area contributed by atoms with Crippen molar-refractivity contribution in [3.63, 3.8) is 0 Å². The second kappa shape index (κ2) is 6.76. The highest BCUT2D eigenvalue weighted by Crippen LogP contribution is 2.25. The first kappa shape index (κ1) is 16.7. The highest BCUT2D eigenvalue weighted by molar-refractivity contribution is 14.1. The van der Waals surface area contributed by atoms with Gasteiger partial charge in [0.2, 0.25) is 0 Å². The number of halogens is 1. The number of carbonyl (C=O) groups is 1. The molecule has 3 rings (SSSR count). The maximum atomic E-state index is 12.9. The van der Waals surface area contributed by atoms with Crippen molar-refractivity contribution in [2.45, 2.75) is 13.8 Å². The molecule has 0 spiro atoms. The molecule has 0 saturated carbocycles. The van der Waals surface area contributed by atoms with Crippen molar-refractivity contribution in [1.82, 2.24) is 0 Å². The number of hydrogen-bond acceptors (Lipinski definition) is 3. The molecular formula is C19H16INO3. The minimum Gasteiger partial charge on any atom is -0.423 e. The van der Waals surface area contributed by atoms with Crippen LogP contribution in [0.5, 0.6) is 0 Å². The molecule has 122 valence electrons. The highest BCUT2D eigenvalue weighted by Gasteiger charge is 2.19. The van der Waals surface area contributed by atoms with E-state index in [1.54, 1.807) is 11.0 Å². The van der Waals surface area contributed by atoms with E-state index in [2.05, 4.69) is 22.6 Å². The van der Waals surface area contributed by atoms with E-state index in [1.165, 1.54) is 6.07 Å². The fourth-order valence-electron chi connectivity index (χ4n) is 2.70. The largest absolute Gasteiger partial charge is 0.423 e. The average Bonchev–Trinajstić information content (AvgIpc) is 2.56. The summed E-state index contributed by atoms with van der Waals surface area (Å²) in [5, 5.41) is 0.834. The van der Waals surface area contributed by atoms with Gasteiger partial charge in [0.25, 0.3) is 5.91 Å². The lowest BCUT2D eigenvalue weighted by Crippen LogP contribution is -2.31. The fraction of sp³-hybridized carbons (Fsp3) is 0.158. The molecule has 4 nitrogen and oxygen atoms in total. The molecule has 2 aromatic carbocycles. The topological polar surface area (TPSA) is 50.5 Å². The number of fused-ring (bicyclic) bond motifs is 1. The lowest BCUT2D eigenvalue weighted by Gasteiger charge is -2.22. The van der Waals surface area contributed by atoms with E-state index in [0.29, 0.717) is 17.7 Å². The normalized spacial score (nSPS) is 10.8. The standard InChI is InChI=1S/C19H16INO3/c1-3-21(19(23)14-6-4-5-7-16(14)20)13-8-9-17-15(11-13)12(2)10-18(22)24-17/h4-11H,3H2,1-2H3. The number of anilines is 1. The number of hydrogen-bond donors (Lipinski definition) is 0. The monoisotopic (exact) mass is 433 g/mol. The molecule has 0 saturated heterocycles. The fourth-order valence-corrected chi connectivity index (χ4v) is 3.32. The maximum Gasteiger partial charge on any atom is 0.336 e. The number of amides is 1. The zero-order valence-electron chi connectivity index (χ0n) is 13.4. The van der Waals surface area contributed by atoms with E-state index in [9.17, 15) is 9.59 Å². The van der Waals surface area contributed by atoms with Crippen LogP contribution in [0, 0.1) is 10.5 Å². The lowest BCUT2D eigenvalue weighted by molar-refractivity contribution is 0.0987. The summed E-state index contributed by atoms with van der Waals surface area (Å²) in [5.74, 6) is -0.0445. The summed E-state index contributed by atoms with van der Waals surface area (Å²) in [7, 11) is 0. The van der Waals surface area contributed by atoms with Crippen LogP contribution in [-0.2, 0) is 0 Å². The van der Waals surface area contributed by atoms with Crippen molar-refractivity contribution in [3.05, 3.63) is 73.6 Å². The Hall–Kier alpha value is -2.15. The lowest BCUT2D eigenvalue weighted by atomic mass is 10.1. The summed E-state index contributed by atoms with van der Waals surface area (Å²) in [6.07, 6.45) is 0. The Labute approximate surface area is 153 Å². The van der Waals surface area contributed by atoms with Crippen molar-refractivity contribution < 1.29 is 9.21 Å². The molecule has 0 N–H and O–H groups in total. The Bertz CT molecular complexity index is 978. The van der Waals surface area contributed by atoms with Crippen LogP contribution < -0.4 is 10.5 Å². The van der Waals surface area contributed by atoms with Crippen molar-refractivity contribution in [2.24, 2.45) is 0 Å². The molecule has 5 heteroatoms. The summed E-state index contributed by atoms with van der Waals surface area (Å²) in [4.78, 5) is 26.1. The molecule has 0 atom stereocenters. The van der Waals surface area contributed by atoms with Gasteiger partial charge in [-0.15, -0.1) is 0 Å². The van der Waals surface area contributed by atoms with Gasteiger partial charge in [-0.05, 0) is 72.3 Å². The molecule has 0 aliphatic carbocycles. The quantitative estimate of drug-likeness (QED) is 0.455. The van der Waals surface area contributed by atoms with Gasteiger partial charge in [0, 0.05) is 27.3 Å². The van der Waals surface area contributed by atoms with Gasteiger partial charge in [0.15, 0.2) is 0 Å². The second-order valence-electron chi connectivity index (χ2n) is 5.46. The first-order chi connectivity index (χ1) is 11.5. The summed E-state index contributed by atoms with van der Waals surface area (Å²) in [6, 6.07) is 14.4. The molecule has 1 amide bonds. The van der Waals surface area contributed by atoms with Crippen LogP contribution in [0.2, 0.25) is 0 Å². The molecular weight excluding hydrogens is 417 g/mol. The zero-order valence-corrected chi connectivity index (χ0v) is 15.5. The van der Waals surface area contributed by atoms with Gasteiger partial charge in [0.1, 0.15) is 5.58 Å². The molecule has 0 fully saturated rings. The summed E-state index contributed by atoms with van der Waals surface area (Å²) >= 11 is 2.17. The van der Waals surface area contributed by atoms with Gasteiger partial charge in [0.05, 0.1) is 5.56 Å². The molecule has 0 aliphatic rings. The predicted octanol–water partition coefficient (Wildman–Crippen LogP) is 4.37. The minimum absolute atomic E-state index is 0.0445. The molecule has 24 heavy (non-hydrogen) atoms. The first-order valence-electron chi connectivity index (χ1n) is 7.62. The highest BCUT2D eigenvalue weighted by atomic mass is 127. The first-order valence-corrected chi connectivity index (χ1v) is 8.70. The van der Waals surface area contributed by atoms with E-state index < -0.39 is 0 Å². The van der Waals surface area contributed by atoms with Crippen LogP contribution >= 0.6 is 22.6 Å². The summed E-state index contributed by atoms with van der Waals surface area (Å²) < 4.78 is 6.13. The minimum atomic E-state index is -0.366. The van der Waals surface area contributed by atoms with E-state index in [0.717, 1.165) is 20.2 Å². The van der Waals surface area contributed by atoms with E-state index in [-0.39, 0.29) is 11.5 Å². The third kappa shape index (κ3) is 3.08. The smallest absolute Gasteiger partial charge is 0.336 e. The number of carbonyl (C=O) groups excluding carboxylic acids is 1. The van der Waals surface area contributed by atoms with Crippen LogP contribution in [0.25, 0.3) is 11.0 Å². The number of aryl methyl sites for hydroxylation is 1. The Kier molecular flexibility index (Phi) is 4.71. The van der Waals surface area contributed by atoms with Crippen LogP contribution in [-0.4, -0.2) is 12.5 Å². The predicted molar refractivity (Wildman–Crippen MR) is 104 cm³/mol. The Morgan fingerprint density at radius 2 is 1.92 bits per heavy atom. The SMILES string of the molecule is CCN(C(=O)c1ccccc1I)c1ccc2oc(=O)cc(C)c2c1. The Morgan fingerprint density at radius 3 is 2.62 bits per heavy atom. The zero-order chi connectivity index (χ0) is 17.3. The average molecular weight is 433 g/mol. The second-order valence-corrected chi connectivity index (χ2v) is 6.62. The molecule has 3 aromatic rings. The van der Waals surface area contributed by atoms with Gasteiger partial charge in [-0.25, -0.2) is 4.79 Å². The third-order valence-electron chi connectivity index (χ3n) is 3.91. The number of benzene rings is 2. The van der Waals surface area contributed by atoms with Gasteiger partial charge < -0.3 is 9.32 Å². The molecule has 0 unspecified atom stereocenters. The maximum absolute atomic E-state index is 12.9. The van der Waals surface area contributed by atoms with Crippen LogP contribution in [0.1, 0.15) is 22.8 Å².